The molecule has 0 aliphatic carbocycles. The third kappa shape index (κ3) is 2.31. The molecule has 0 radical (unpaired) electrons. The van der Waals surface area contributed by atoms with Crippen molar-refractivity contribution in [1.82, 2.24) is 9.55 Å². The Hall–Kier alpha value is -1.81. The van der Waals surface area contributed by atoms with Gasteiger partial charge in [-0.25, -0.2) is 4.98 Å². The van der Waals surface area contributed by atoms with Crippen LogP contribution >= 0.6 is 0 Å². The average molecular weight is 272 g/mol. The number of fused-ring (bicyclic) bond motifs is 1. The van der Waals surface area contributed by atoms with Gasteiger partial charge in [0.05, 0.1) is 6.61 Å². The topological polar surface area (TPSA) is 47.3 Å². The van der Waals surface area contributed by atoms with E-state index in [1.807, 2.05) is 35.0 Å². The van der Waals surface area contributed by atoms with Crippen LogP contribution in [0.15, 0.2) is 36.7 Å². The summed E-state index contributed by atoms with van der Waals surface area (Å²) in [6, 6.07) is 7.96. The quantitative estimate of drug-likeness (QED) is 0.931. The van der Waals surface area contributed by atoms with Crippen molar-refractivity contribution in [2.75, 3.05) is 6.61 Å². The van der Waals surface area contributed by atoms with Crippen LogP contribution in [0, 0.1) is 0 Å². The number of hydrogen-bond donors (Lipinski definition) is 1. The number of para-hydroxylation sites is 1. The van der Waals surface area contributed by atoms with Crippen LogP contribution in [0.2, 0.25) is 0 Å². The van der Waals surface area contributed by atoms with E-state index in [1.54, 1.807) is 6.20 Å². The zero-order valence-electron chi connectivity index (χ0n) is 11.7. The smallest absolute Gasteiger partial charge is 0.138 e. The summed E-state index contributed by atoms with van der Waals surface area (Å²) < 4.78 is 7.71. The number of aliphatic hydroxyl groups excluding tert-OH is 1. The molecule has 1 aromatic heterocycles. The van der Waals surface area contributed by atoms with Crippen LogP contribution in [0.4, 0.5) is 0 Å². The molecule has 1 aliphatic heterocycles. The number of rotatable bonds is 4. The molecule has 2 aromatic rings. The van der Waals surface area contributed by atoms with E-state index in [0.717, 1.165) is 36.5 Å². The van der Waals surface area contributed by atoms with Gasteiger partial charge in [-0.15, -0.1) is 0 Å². The van der Waals surface area contributed by atoms with E-state index < -0.39 is 6.10 Å². The molecule has 4 nitrogen and oxygen atoms in total. The molecule has 4 heteroatoms. The Morgan fingerprint density at radius 1 is 1.45 bits per heavy atom. The van der Waals surface area contributed by atoms with Gasteiger partial charge in [-0.05, 0) is 18.9 Å². The van der Waals surface area contributed by atoms with Crippen LogP contribution in [-0.2, 0) is 6.54 Å². The van der Waals surface area contributed by atoms with E-state index in [2.05, 4.69) is 11.9 Å². The fourth-order valence-corrected chi connectivity index (χ4v) is 2.89. The molecule has 2 atom stereocenters. The first-order valence-corrected chi connectivity index (χ1v) is 7.22. The van der Waals surface area contributed by atoms with Crippen LogP contribution in [-0.4, -0.2) is 21.3 Å². The van der Waals surface area contributed by atoms with Crippen molar-refractivity contribution in [3.8, 4) is 5.75 Å². The molecule has 1 N–H and O–H groups in total. The van der Waals surface area contributed by atoms with Crippen LogP contribution in [0.5, 0.6) is 5.75 Å². The van der Waals surface area contributed by atoms with Crippen molar-refractivity contribution >= 4 is 0 Å². The van der Waals surface area contributed by atoms with Gasteiger partial charge in [0.25, 0.3) is 0 Å². The summed E-state index contributed by atoms with van der Waals surface area (Å²) in [5.41, 5.74) is 1.08. The molecular weight excluding hydrogens is 252 g/mol. The number of nitrogens with zero attached hydrogens (tertiary/aromatic N) is 2. The second-order valence-corrected chi connectivity index (χ2v) is 5.21. The van der Waals surface area contributed by atoms with Crippen molar-refractivity contribution < 1.29 is 9.84 Å². The summed E-state index contributed by atoms with van der Waals surface area (Å²) in [5, 5.41) is 10.7. The number of ether oxygens (including phenoxy) is 1. The Bertz CT molecular complexity index is 579. The van der Waals surface area contributed by atoms with E-state index in [4.69, 9.17) is 4.74 Å². The highest BCUT2D eigenvalue weighted by atomic mass is 16.5. The molecule has 3 rings (SSSR count). The van der Waals surface area contributed by atoms with Gasteiger partial charge in [0.1, 0.15) is 17.7 Å². The lowest BCUT2D eigenvalue weighted by atomic mass is 9.88. The molecule has 0 spiro atoms. The maximum absolute atomic E-state index is 10.7. The molecule has 0 saturated carbocycles. The molecule has 0 amide bonds. The van der Waals surface area contributed by atoms with E-state index >= 15 is 0 Å². The zero-order valence-corrected chi connectivity index (χ0v) is 11.7. The first kappa shape index (κ1) is 13.2. The number of benzene rings is 1. The predicted octanol–water partition coefficient (Wildman–Crippen LogP) is 2.89. The second kappa shape index (κ2) is 5.67. The highest BCUT2D eigenvalue weighted by Crippen LogP contribution is 2.40. The largest absolute Gasteiger partial charge is 0.493 e. The van der Waals surface area contributed by atoms with Crippen LogP contribution in [0.1, 0.15) is 43.2 Å². The third-order valence-electron chi connectivity index (χ3n) is 3.86. The minimum Gasteiger partial charge on any atom is -0.493 e. The fraction of sp³-hybridized carbons (Fsp3) is 0.438. The standard InChI is InChI=1S/C16H20N2O2/c1-2-9-18-10-8-17-16(18)15(19)13-7-11-20-14-6-4-3-5-12(13)14/h3-6,8,10,13,15,19H,2,7,9,11H2,1H3. The molecule has 1 aliphatic rings. The molecule has 0 saturated heterocycles. The number of imidazole rings is 1. The van der Waals surface area contributed by atoms with Gasteiger partial charge < -0.3 is 14.4 Å². The third-order valence-corrected chi connectivity index (χ3v) is 3.86. The summed E-state index contributed by atoms with van der Waals surface area (Å²) in [5.74, 6) is 1.70. The Morgan fingerprint density at radius 3 is 3.15 bits per heavy atom. The summed E-state index contributed by atoms with van der Waals surface area (Å²) in [6.07, 6.45) is 4.96. The molecule has 106 valence electrons. The summed E-state index contributed by atoms with van der Waals surface area (Å²) in [4.78, 5) is 4.35. The summed E-state index contributed by atoms with van der Waals surface area (Å²) >= 11 is 0. The lowest BCUT2D eigenvalue weighted by Crippen LogP contribution is -2.22. The van der Waals surface area contributed by atoms with Crippen LogP contribution < -0.4 is 4.74 Å². The maximum atomic E-state index is 10.7. The van der Waals surface area contributed by atoms with Crippen molar-refractivity contribution in [1.29, 1.82) is 0 Å². The Morgan fingerprint density at radius 2 is 2.30 bits per heavy atom. The van der Waals surface area contributed by atoms with Gasteiger partial charge in [0, 0.05) is 30.4 Å². The normalized spacial score (nSPS) is 19.2. The number of hydrogen-bond acceptors (Lipinski definition) is 3. The van der Waals surface area contributed by atoms with E-state index in [9.17, 15) is 5.11 Å². The number of aryl methyl sites for hydroxylation is 1. The van der Waals surface area contributed by atoms with E-state index in [-0.39, 0.29) is 5.92 Å². The molecule has 2 unspecified atom stereocenters. The van der Waals surface area contributed by atoms with Gasteiger partial charge in [-0.3, -0.25) is 0 Å². The average Bonchev–Trinajstić information content (AvgIpc) is 2.94. The SMILES string of the molecule is CCCn1ccnc1C(O)C1CCOc2ccccc21. The Labute approximate surface area is 119 Å². The van der Waals surface area contributed by atoms with E-state index in [0.29, 0.717) is 6.61 Å². The maximum Gasteiger partial charge on any atom is 0.138 e. The molecule has 1 aromatic carbocycles. The zero-order chi connectivity index (χ0) is 13.9. The highest BCUT2D eigenvalue weighted by molar-refractivity contribution is 5.38. The van der Waals surface area contributed by atoms with Gasteiger partial charge >= 0.3 is 0 Å². The van der Waals surface area contributed by atoms with Gasteiger partial charge in [-0.1, -0.05) is 25.1 Å². The van der Waals surface area contributed by atoms with Gasteiger partial charge in [0.15, 0.2) is 0 Å². The fourth-order valence-electron chi connectivity index (χ4n) is 2.89. The summed E-state index contributed by atoms with van der Waals surface area (Å²) in [6.45, 7) is 3.66. The summed E-state index contributed by atoms with van der Waals surface area (Å²) in [7, 11) is 0. The molecule has 2 heterocycles. The highest BCUT2D eigenvalue weighted by Gasteiger charge is 2.30. The first-order chi connectivity index (χ1) is 9.81. The second-order valence-electron chi connectivity index (χ2n) is 5.21. The van der Waals surface area contributed by atoms with Crippen LogP contribution in [0.25, 0.3) is 0 Å². The molecule has 0 fully saturated rings. The van der Waals surface area contributed by atoms with Crippen LogP contribution in [0.3, 0.4) is 0 Å². The Balaban J connectivity index is 1.91. The Kier molecular flexibility index (Phi) is 3.74. The number of aliphatic hydroxyl groups is 1. The predicted molar refractivity (Wildman–Crippen MR) is 76.8 cm³/mol. The molecule has 20 heavy (non-hydrogen) atoms. The molecule has 0 bridgehead atoms. The molecular formula is C16H20N2O2. The van der Waals surface area contributed by atoms with Crippen molar-refractivity contribution in [2.45, 2.75) is 38.3 Å². The lowest BCUT2D eigenvalue weighted by Gasteiger charge is -2.29. The number of aromatic nitrogens is 2. The lowest BCUT2D eigenvalue weighted by molar-refractivity contribution is 0.106. The van der Waals surface area contributed by atoms with E-state index in [1.165, 1.54) is 0 Å². The van der Waals surface area contributed by atoms with Crippen molar-refractivity contribution in [3.63, 3.8) is 0 Å². The van der Waals surface area contributed by atoms with Gasteiger partial charge in [0.2, 0.25) is 0 Å². The van der Waals surface area contributed by atoms with Crippen molar-refractivity contribution in [3.05, 3.63) is 48.0 Å². The minimum atomic E-state index is -0.582. The van der Waals surface area contributed by atoms with Crippen molar-refractivity contribution in [2.24, 2.45) is 0 Å². The van der Waals surface area contributed by atoms with Gasteiger partial charge in [-0.2, -0.15) is 0 Å². The minimum absolute atomic E-state index is 0.0537. The first-order valence-electron chi connectivity index (χ1n) is 7.22. The monoisotopic (exact) mass is 272 g/mol.